The van der Waals surface area contributed by atoms with Gasteiger partial charge in [0.15, 0.2) is 17.6 Å². The van der Waals surface area contributed by atoms with Crippen molar-refractivity contribution >= 4 is 34.8 Å². The predicted molar refractivity (Wildman–Crippen MR) is 136 cm³/mol. The fourth-order valence-corrected chi connectivity index (χ4v) is 4.16. The Kier molecular flexibility index (Phi) is 7.46. The molecular weight excluding hydrogens is 468 g/mol. The second-order valence-corrected chi connectivity index (χ2v) is 8.60. The van der Waals surface area contributed by atoms with Gasteiger partial charge in [-0.1, -0.05) is 35.9 Å². The van der Waals surface area contributed by atoms with Crippen molar-refractivity contribution in [3.63, 3.8) is 0 Å². The van der Waals surface area contributed by atoms with Crippen LogP contribution in [0.3, 0.4) is 0 Å². The number of hydrogen-bond donors (Lipinski definition) is 1. The standard InChI is InChI=1S/C27H27ClN2O5/c1-17-27(32)30(16-19-6-4-5-7-21(19)28)22-15-20(10-12-23(22)35-17)29-26(31)13-9-18-8-11-24(33-2)25(14-18)34-3/h4-8,10-12,14-15,17H,9,13,16H2,1-3H3,(H,29,31). The highest BCUT2D eigenvalue weighted by atomic mass is 35.5. The molecule has 8 heteroatoms. The molecule has 0 radical (unpaired) electrons. The fourth-order valence-electron chi connectivity index (χ4n) is 3.96. The summed E-state index contributed by atoms with van der Waals surface area (Å²) in [4.78, 5) is 27.3. The molecule has 3 aromatic carbocycles. The molecule has 7 nitrogen and oxygen atoms in total. The van der Waals surface area contributed by atoms with Crippen molar-refractivity contribution in [2.45, 2.75) is 32.4 Å². The SMILES string of the molecule is COc1ccc(CCC(=O)Nc2ccc3c(c2)N(Cc2ccccc2Cl)C(=O)C(C)O3)cc1OC. The zero-order chi connectivity index (χ0) is 24.9. The number of carbonyl (C=O) groups is 2. The van der Waals surface area contributed by atoms with Crippen LogP contribution in [0.2, 0.25) is 5.02 Å². The zero-order valence-electron chi connectivity index (χ0n) is 19.8. The molecule has 0 fully saturated rings. The molecule has 3 aromatic rings. The quantitative estimate of drug-likeness (QED) is 0.463. The summed E-state index contributed by atoms with van der Waals surface area (Å²) in [6.07, 6.45) is 0.198. The topological polar surface area (TPSA) is 77.1 Å². The van der Waals surface area contributed by atoms with Gasteiger partial charge in [0.2, 0.25) is 5.91 Å². The van der Waals surface area contributed by atoms with Gasteiger partial charge in [-0.25, -0.2) is 0 Å². The summed E-state index contributed by atoms with van der Waals surface area (Å²) in [5, 5.41) is 3.50. The van der Waals surface area contributed by atoms with Crippen LogP contribution >= 0.6 is 11.6 Å². The summed E-state index contributed by atoms with van der Waals surface area (Å²) in [5.41, 5.74) is 2.95. The number of anilines is 2. The third-order valence-electron chi connectivity index (χ3n) is 5.83. The smallest absolute Gasteiger partial charge is 0.268 e. The van der Waals surface area contributed by atoms with Crippen molar-refractivity contribution in [3.05, 3.63) is 76.8 Å². The molecule has 4 rings (SSSR count). The van der Waals surface area contributed by atoms with Crippen LogP contribution in [0.5, 0.6) is 17.2 Å². The first-order chi connectivity index (χ1) is 16.9. The highest BCUT2D eigenvalue weighted by Crippen LogP contribution is 2.38. The van der Waals surface area contributed by atoms with Gasteiger partial charge in [0.25, 0.3) is 5.91 Å². The van der Waals surface area contributed by atoms with Crippen molar-refractivity contribution in [2.75, 3.05) is 24.4 Å². The van der Waals surface area contributed by atoms with Crippen LogP contribution in [-0.4, -0.2) is 32.1 Å². The lowest BCUT2D eigenvalue weighted by Gasteiger charge is -2.33. The van der Waals surface area contributed by atoms with E-state index in [2.05, 4.69) is 5.32 Å². The molecule has 0 saturated heterocycles. The molecule has 1 aliphatic rings. The number of rotatable bonds is 8. The first-order valence-corrected chi connectivity index (χ1v) is 11.6. The van der Waals surface area contributed by atoms with E-state index in [1.165, 1.54) is 0 Å². The number of methoxy groups -OCH3 is 2. The van der Waals surface area contributed by atoms with Crippen molar-refractivity contribution in [2.24, 2.45) is 0 Å². The van der Waals surface area contributed by atoms with E-state index in [1.54, 1.807) is 50.3 Å². The fraction of sp³-hybridized carbons (Fsp3) is 0.259. The number of ether oxygens (including phenoxy) is 3. The number of amides is 2. The van der Waals surface area contributed by atoms with Gasteiger partial charge < -0.3 is 24.4 Å². The number of halogens is 1. The van der Waals surface area contributed by atoms with Crippen LogP contribution in [0.25, 0.3) is 0 Å². The number of hydrogen-bond acceptors (Lipinski definition) is 5. The van der Waals surface area contributed by atoms with Gasteiger partial charge in [0, 0.05) is 17.1 Å². The van der Waals surface area contributed by atoms with E-state index in [0.29, 0.717) is 46.6 Å². The molecular formula is C27H27ClN2O5. The Balaban J connectivity index is 1.48. The molecule has 1 unspecified atom stereocenters. The summed E-state index contributed by atoms with van der Waals surface area (Å²) in [6.45, 7) is 2.02. The lowest BCUT2D eigenvalue weighted by Crippen LogP contribution is -2.44. The van der Waals surface area contributed by atoms with E-state index in [9.17, 15) is 9.59 Å². The summed E-state index contributed by atoms with van der Waals surface area (Å²) in [7, 11) is 3.16. The Hall–Kier alpha value is -3.71. The maximum atomic E-state index is 12.9. The Bertz CT molecular complexity index is 1250. The molecule has 1 atom stereocenters. The largest absolute Gasteiger partial charge is 0.493 e. The van der Waals surface area contributed by atoms with Crippen LogP contribution in [0, 0.1) is 0 Å². The van der Waals surface area contributed by atoms with E-state index >= 15 is 0 Å². The second kappa shape index (κ2) is 10.7. The highest BCUT2D eigenvalue weighted by molar-refractivity contribution is 6.31. The van der Waals surface area contributed by atoms with E-state index in [-0.39, 0.29) is 18.2 Å². The maximum Gasteiger partial charge on any atom is 0.268 e. The molecule has 1 N–H and O–H groups in total. The summed E-state index contributed by atoms with van der Waals surface area (Å²) in [6, 6.07) is 18.3. The Morgan fingerprint density at radius 2 is 1.83 bits per heavy atom. The third kappa shape index (κ3) is 5.52. The molecule has 1 aliphatic heterocycles. The van der Waals surface area contributed by atoms with Crippen LogP contribution < -0.4 is 24.4 Å². The molecule has 0 aromatic heterocycles. The van der Waals surface area contributed by atoms with Gasteiger partial charge in [-0.3, -0.25) is 9.59 Å². The normalized spacial score (nSPS) is 14.7. The van der Waals surface area contributed by atoms with Gasteiger partial charge in [0.05, 0.1) is 26.5 Å². The Morgan fingerprint density at radius 3 is 2.57 bits per heavy atom. The molecule has 0 aliphatic carbocycles. The van der Waals surface area contributed by atoms with E-state index in [0.717, 1.165) is 11.1 Å². The monoisotopic (exact) mass is 494 g/mol. The number of fused-ring (bicyclic) bond motifs is 1. The van der Waals surface area contributed by atoms with Crippen molar-refractivity contribution < 1.29 is 23.8 Å². The van der Waals surface area contributed by atoms with E-state index in [1.807, 2.05) is 36.4 Å². The molecule has 35 heavy (non-hydrogen) atoms. The molecule has 0 bridgehead atoms. The first kappa shape index (κ1) is 24.4. The molecule has 1 heterocycles. The average molecular weight is 495 g/mol. The van der Waals surface area contributed by atoms with Crippen LogP contribution in [-0.2, 0) is 22.6 Å². The van der Waals surface area contributed by atoms with Gasteiger partial charge in [-0.05, 0) is 60.9 Å². The van der Waals surface area contributed by atoms with Gasteiger partial charge >= 0.3 is 0 Å². The molecule has 182 valence electrons. The summed E-state index contributed by atoms with van der Waals surface area (Å²) in [5.74, 6) is 1.52. The van der Waals surface area contributed by atoms with Gasteiger partial charge in [0.1, 0.15) is 5.75 Å². The molecule has 0 saturated carbocycles. The minimum Gasteiger partial charge on any atom is -0.493 e. The Morgan fingerprint density at radius 1 is 1.06 bits per heavy atom. The third-order valence-corrected chi connectivity index (χ3v) is 6.19. The van der Waals surface area contributed by atoms with Gasteiger partial charge in [-0.15, -0.1) is 0 Å². The van der Waals surface area contributed by atoms with Gasteiger partial charge in [-0.2, -0.15) is 0 Å². The number of benzene rings is 3. The number of nitrogens with one attached hydrogen (secondary N) is 1. The average Bonchev–Trinajstić information content (AvgIpc) is 2.86. The number of carbonyl (C=O) groups excluding carboxylic acids is 2. The maximum absolute atomic E-state index is 12.9. The van der Waals surface area contributed by atoms with E-state index < -0.39 is 6.10 Å². The minimum absolute atomic E-state index is 0.145. The molecule has 2 amide bonds. The van der Waals surface area contributed by atoms with Crippen molar-refractivity contribution in [1.29, 1.82) is 0 Å². The van der Waals surface area contributed by atoms with Crippen LogP contribution in [0.1, 0.15) is 24.5 Å². The van der Waals surface area contributed by atoms with Crippen LogP contribution in [0.4, 0.5) is 11.4 Å². The van der Waals surface area contributed by atoms with Crippen LogP contribution in [0.15, 0.2) is 60.7 Å². The number of aryl methyl sites for hydroxylation is 1. The van der Waals surface area contributed by atoms with Crippen molar-refractivity contribution in [3.8, 4) is 17.2 Å². The zero-order valence-corrected chi connectivity index (χ0v) is 20.6. The summed E-state index contributed by atoms with van der Waals surface area (Å²) < 4.78 is 16.4. The Labute approximate surface area is 209 Å². The highest BCUT2D eigenvalue weighted by Gasteiger charge is 2.32. The summed E-state index contributed by atoms with van der Waals surface area (Å²) >= 11 is 6.33. The lowest BCUT2D eigenvalue weighted by molar-refractivity contribution is -0.125. The molecule has 0 spiro atoms. The lowest BCUT2D eigenvalue weighted by atomic mass is 10.1. The predicted octanol–water partition coefficient (Wildman–Crippen LogP) is 5.24. The van der Waals surface area contributed by atoms with E-state index in [4.69, 9.17) is 25.8 Å². The van der Waals surface area contributed by atoms with Crippen molar-refractivity contribution in [1.82, 2.24) is 0 Å². The second-order valence-electron chi connectivity index (χ2n) is 8.20. The first-order valence-electron chi connectivity index (χ1n) is 11.3. The number of nitrogens with zero attached hydrogens (tertiary/aromatic N) is 1. The minimum atomic E-state index is -0.619.